The number of methoxy groups -OCH3 is 1. The summed E-state index contributed by atoms with van der Waals surface area (Å²) in [7, 11) is 1.69. The molecule has 0 spiro atoms. The van der Waals surface area contributed by atoms with Gasteiger partial charge in [0.15, 0.2) is 0 Å². The number of ether oxygens (including phenoxy) is 1. The maximum Gasteiger partial charge on any atom is 0.239 e. The Kier molecular flexibility index (Phi) is 3.69. The quantitative estimate of drug-likeness (QED) is 0.665. The van der Waals surface area contributed by atoms with Gasteiger partial charge in [0, 0.05) is 26.1 Å². The van der Waals surface area contributed by atoms with Gasteiger partial charge in [-0.15, -0.1) is 0 Å². The first-order valence-electron chi connectivity index (χ1n) is 4.68. The lowest BCUT2D eigenvalue weighted by Gasteiger charge is -2.18. The summed E-state index contributed by atoms with van der Waals surface area (Å²) in [4.78, 5) is 13.3. The van der Waals surface area contributed by atoms with E-state index in [1.54, 1.807) is 14.0 Å². The van der Waals surface area contributed by atoms with E-state index in [4.69, 9.17) is 10.5 Å². The van der Waals surface area contributed by atoms with Crippen LogP contribution in [-0.2, 0) is 9.53 Å². The molecule has 0 aromatic heterocycles. The van der Waals surface area contributed by atoms with Gasteiger partial charge < -0.3 is 15.4 Å². The third-order valence-electron chi connectivity index (χ3n) is 2.39. The molecule has 0 aliphatic carbocycles. The predicted molar refractivity (Wildman–Crippen MR) is 50.2 cm³/mol. The maximum atomic E-state index is 11.5. The number of carbonyl (C=O) groups excluding carboxylic acids is 1. The Morgan fingerprint density at radius 3 is 3.00 bits per heavy atom. The van der Waals surface area contributed by atoms with Crippen molar-refractivity contribution in [1.29, 1.82) is 0 Å². The summed E-state index contributed by atoms with van der Waals surface area (Å²) >= 11 is 0. The number of nitrogens with zero attached hydrogens (tertiary/aromatic N) is 1. The van der Waals surface area contributed by atoms with Crippen molar-refractivity contribution >= 4 is 5.91 Å². The van der Waals surface area contributed by atoms with E-state index in [1.807, 2.05) is 4.90 Å². The highest BCUT2D eigenvalue weighted by Crippen LogP contribution is 2.16. The van der Waals surface area contributed by atoms with Crippen LogP contribution in [0.5, 0.6) is 0 Å². The van der Waals surface area contributed by atoms with Crippen molar-refractivity contribution in [3.05, 3.63) is 0 Å². The Morgan fingerprint density at radius 1 is 1.77 bits per heavy atom. The number of hydrogen-bond acceptors (Lipinski definition) is 3. The molecule has 0 saturated carbocycles. The van der Waals surface area contributed by atoms with Crippen molar-refractivity contribution in [2.24, 2.45) is 11.7 Å². The van der Waals surface area contributed by atoms with Crippen LogP contribution in [0.4, 0.5) is 0 Å². The first-order chi connectivity index (χ1) is 6.15. The Bertz CT molecular complexity index is 182. The fourth-order valence-corrected chi connectivity index (χ4v) is 1.69. The minimum atomic E-state index is -0.374. The van der Waals surface area contributed by atoms with Crippen LogP contribution in [-0.4, -0.2) is 43.7 Å². The van der Waals surface area contributed by atoms with Crippen molar-refractivity contribution in [2.45, 2.75) is 19.4 Å². The molecule has 1 heterocycles. The number of hydrogen-bond donors (Lipinski definition) is 1. The van der Waals surface area contributed by atoms with Crippen LogP contribution in [0.1, 0.15) is 13.3 Å². The van der Waals surface area contributed by atoms with Gasteiger partial charge in [-0.05, 0) is 13.3 Å². The molecule has 2 N–H and O–H groups in total. The molecule has 4 heteroatoms. The van der Waals surface area contributed by atoms with Gasteiger partial charge in [0.05, 0.1) is 12.6 Å². The van der Waals surface area contributed by atoms with Crippen LogP contribution in [0.25, 0.3) is 0 Å². The van der Waals surface area contributed by atoms with Crippen LogP contribution in [0.3, 0.4) is 0 Å². The first kappa shape index (κ1) is 10.5. The molecule has 1 saturated heterocycles. The van der Waals surface area contributed by atoms with E-state index < -0.39 is 0 Å². The lowest BCUT2D eigenvalue weighted by Crippen LogP contribution is -2.40. The van der Waals surface area contributed by atoms with Gasteiger partial charge >= 0.3 is 0 Å². The molecule has 1 aliphatic heterocycles. The van der Waals surface area contributed by atoms with Gasteiger partial charge in [-0.2, -0.15) is 0 Å². The smallest absolute Gasteiger partial charge is 0.239 e. The van der Waals surface area contributed by atoms with Gasteiger partial charge in [-0.3, -0.25) is 4.79 Å². The Balaban J connectivity index is 2.36. The number of rotatable bonds is 3. The Labute approximate surface area is 79.0 Å². The first-order valence-corrected chi connectivity index (χ1v) is 4.68. The lowest BCUT2D eigenvalue weighted by molar-refractivity contribution is -0.131. The third kappa shape index (κ3) is 2.67. The molecule has 1 rings (SSSR count). The Hall–Kier alpha value is -0.610. The lowest BCUT2D eigenvalue weighted by atomic mass is 10.1. The van der Waals surface area contributed by atoms with Crippen molar-refractivity contribution < 1.29 is 9.53 Å². The van der Waals surface area contributed by atoms with E-state index >= 15 is 0 Å². The number of amides is 1. The summed E-state index contributed by atoms with van der Waals surface area (Å²) in [6, 6.07) is -0.374. The predicted octanol–water partition coefficient (Wildman–Crippen LogP) is -0.171. The monoisotopic (exact) mass is 186 g/mol. The van der Waals surface area contributed by atoms with Gasteiger partial charge in [0.25, 0.3) is 0 Å². The summed E-state index contributed by atoms with van der Waals surface area (Å²) in [6.45, 7) is 4.09. The van der Waals surface area contributed by atoms with E-state index in [0.717, 1.165) is 26.1 Å². The molecule has 0 bridgehead atoms. The van der Waals surface area contributed by atoms with Crippen molar-refractivity contribution in [3.63, 3.8) is 0 Å². The van der Waals surface area contributed by atoms with E-state index in [9.17, 15) is 4.79 Å². The minimum absolute atomic E-state index is 0.0543. The SMILES string of the molecule is COCC1CCN(C(=O)C(C)N)C1. The van der Waals surface area contributed by atoms with Crippen molar-refractivity contribution in [1.82, 2.24) is 4.90 Å². The number of carbonyl (C=O) groups is 1. The normalized spacial score (nSPS) is 24.8. The van der Waals surface area contributed by atoms with Gasteiger partial charge in [-0.1, -0.05) is 0 Å². The molecule has 13 heavy (non-hydrogen) atoms. The van der Waals surface area contributed by atoms with E-state index in [2.05, 4.69) is 0 Å². The highest BCUT2D eigenvalue weighted by Gasteiger charge is 2.27. The third-order valence-corrected chi connectivity index (χ3v) is 2.39. The van der Waals surface area contributed by atoms with E-state index in [-0.39, 0.29) is 11.9 Å². The number of likely N-dealkylation sites (tertiary alicyclic amines) is 1. The molecule has 0 aromatic rings. The average molecular weight is 186 g/mol. The molecule has 2 atom stereocenters. The minimum Gasteiger partial charge on any atom is -0.384 e. The largest absolute Gasteiger partial charge is 0.384 e. The van der Waals surface area contributed by atoms with Crippen LogP contribution < -0.4 is 5.73 Å². The van der Waals surface area contributed by atoms with Crippen molar-refractivity contribution in [3.8, 4) is 0 Å². The van der Waals surface area contributed by atoms with Crippen molar-refractivity contribution in [2.75, 3.05) is 26.8 Å². The van der Waals surface area contributed by atoms with Gasteiger partial charge in [0.2, 0.25) is 5.91 Å². The molecule has 0 aromatic carbocycles. The van der Waals surface area contributed by atoms with Crippen LogP contribution in [0.15, 0.2) is 0 Å². The van der Waals surface area contributed by atoms with Gasteiger partial charge in [-0.25, -0.2) is 0 Å². The summed E-state index contributed by atoms with van der Waals surface area (Å²) in [5.74, 6) is 0.548. The zero-order valence-corrected chi connectivity index (χ0v) is 8.32. The molecule has 76 valence electrons. The zero-order chi connectivity index (χ0) is 9.84. The fraction of sp³-hybridized carbons (Fsp3) is 0.889. The maximum absolute atomic E-state index is 11.5. The topological polar surface area (TPSA) is 55.6 Å². The highest BCUT2D eigenvalue weighted by molar-refractivity contribution is 5.81. The second-order valence-corrected chi connectivity index (χ2v) is 3.68. The molecule has 1 amide bonds. The van der Waals surface area contributed by atoms with Gasteiger partial charge in [0.1, 0.15) is 0 Å². The Morgan fingerprint density at radius 2 is 2.46 bits per heavy atom. The molecular weight excluding hydrogens is 168 g/mol. The van der Waals surface area contributed by atoms with Crippen LogP contribution in [0, 0.1) is 5.92 Å². The average Bonchev–Trinajstić information content (AvgIpc) is 2.52. The second kappa shape index (κ2) is 4.58. The summed E-state index contributed by atoms with van der Waals surface area (Å²) in [6.07, 6.45) is 1.03. The van der Waals surface area contributed by atoms with E-state index in [1.165, 1.54) is 0 Å². The summed E-state index contributed by atoms with van der Waals surface area (Å²) < 4.78 is 5.05. The molecule has 1 aliphatic rings. The number of nitrogens with two attached hydrogens (primary N) is 1. The van der Waals surface area contributed by atoms with E-state index in [0.29, 0.717) is 5.92 Å². The molecule has 1 fully saturated rings. The standard InChI is InChI=1S/C9H18N2O2/c1-7(10)9(12)11-4-3-8(5-11)6-13-2/h7-8H,3-6,10H2,1-2H3. The summed E-state index contributed by atoms with van der Waals surface area (Å²) in [5, 5.41) is 0. The molecular formula is C9H18N2O2. The zero-order valence-electron chi connectivity index (χ0n) is 8.32. The molecule has 0 radical (unpaired) electrons. The summed E-state index contributed by atoms with van der Waals surface area (Å²) in [5.41, 5.74) is 5.51. The van der Waals surface area contributed by atoms with Crippen LogP contribution in [0.2, 0.25) is 0 Å². The van der Waals surface area contributed by atoms with Crippen LogP contribution >= 0.6 is 0 Å². The second-order valence-electron chi connectivity index (χ2n) is 3.68. The molecule has 4 nitrogen and oxygen atoms in total. The fourth-order valence-electron chi connectivity index (χ4n) is 1.69. The molecule has 2 unspecified atom stereocenters. The highest BCUT2D eigenvalue weighted by atomic mass is 16.5.